The van der Waals surface area contributed by atoms with E-state index in [0.717, 1.165) is 6.54 Å². The zero-order valence-corrected chi connectivity index (χ0v) is 4.29. The topological polar surface area (TPSA) is 65.6 Å². The zero-order valence-electron chi connectivity index (χ0n) is 4.29. The number of hydrogen-bond acceptors (Lipinski definition) is 2. The summed E-state index contributed by atoms with van der Waals surface area (Å²) in [7, 11) is 0. The smallest absolute Gasteiger partial charge is 0.190 e. The van der Waals surface area contributed by atoms with Gasteiger partial charge in [0.1, 0.15) is 6.10 Å². The Morgan fingerprint density at radius 1 is 1.88 bits per heavy atom. The fourth-order valence-corrected chi connectivity index (χ4v) is 0.936. The molecule has 4 nitrogen and oxygen atoms in total. The van der Waals surface area contributed by atoms with Gasteiger partial charge in [-0.15, -0.1) is 0 Å². The molecule has 2 rings (SSSR count). The lowest BCUT2D eigenvalue weighted by Gasteiger charge is -2.25. The van der Waals surface area contributed by atoms with Crippen LogP contribution in [0.1, 0.15) is 0 Å². The van der Waals surface area contributed by atoms with E-state index in [1.807, 2.05) is 0 Å². The molecule has 2 aliphatic heterocycles. The molecule has 0 aliphatic carbocycles. The number of nitrogens with one attached hydrogen (secondary N) is 1. The summed E-state index contributed by atoms with van der Waals surface area (Å²) >= 11 is 0. The van der Waals surface area contributed by atoms with Crippen LogP contribution in [0.15, 0.2) is 0 Å². The van der Waals surface area contributed by atoms with Crippen LogP contribution in [0.3, 0.4) is 0 Å². The number of hydrogen-bond donors (Lipinski definition) is 2. The molecule has 0 amide bonds. The van der Waals surface area contributed by atoms with E-state index in [9.17, 15) is 0 Å². The molecule has 0 aromatic heterocycles. The maximum atomic E-state index is 6.93. The summed E-state index contributed by atoms with van der Waals surface area (Å²) in [6.07, 6.45) is 0.575. The van der Waals surface area contributed by atoms with Gasteiger partial charge in [0.2, 0.25) is 0 Å². The molecule has 2 unspecified atom stereocenters. The molecule has 2 heterocycles. The van der Waals surface area contributed by atoms with Crippen LogP contribution in [0.25, 0.3) is 0 Å². The molecular weight excluding hydrogens is 106 g/mol. The second kappa shape index (κ2) is 0.974. The van der Waals surface area contributed by atoms with Gasteiger partial charge in [-0.1, -0.05) is 0 Å². The highest BCUT2D eigenvalue weighted by molar-refractivity contribution is 5.76. The molecule has 0 aromatic rings. The summed E-state index contributed by atoms with van der Waals surface area (Å²) in [5.74, 6) is 0.128. The van der Waals surface area contributed by atoms with Crippen molar-refractivity contribution < 1.29 is 4.74 Å². The van der Waals surface area contributed by atoms with Crippen molar-refractivity contribution in [1.29, 1.82) is 5.41 Å². The van der Waals surface area contributed by atoms with Crippen LogP contribution in [0.2, 0.25) is 0 Å². The van der Waals surface area contributed by atoms with Gasteiger partial charge in [0, 0.05) is 0 Å². The van der Waals surface area contributed by atoms with E-state index in [1.165, 1.54) is 0 Å². The molecule has 0 saturated carbocycles. The highest BCUT2D eigenvalue weighted by Crippen LogP contribution is 2.36. The summed E-state index contributed by atoms with van der Waals surface area (Å²) in [5, 5.41) is 6.93. The predicted molar refractivity (Wildman–Crippen MR) is 27.3 cm³/mol. The third kappa shape index (κ3) is 0.315. The summed E-state index contributed by atoms with van der Waals surface area (Å²) < 4.78 is 5.01. The second-order valence-electron chi connectivity index (χ2n) is 2.10. The predicted octanol–water partition coefficient (Wildman–Crippen LogP) is -1.08. The lowest BCUT2D eigenvalue weighted by Crippen LogP contribution is -2.49. The van der Waals surface area contributed by atoms with E-state index in [0.29, 0.717) is 6.10 Å². The maximum absolute atomic E-state index is 6.93. The number of epoxide rings is 1. The Hall–Kier alpha value is -0.770. The third-order valence-corrected chi connectivity index (χ3v) is 1.55. The summed E-state index contributed by atoms with van der Waals surface area (Å²) in [5.41, 5.74) is 5.14. The van der Waals surface area contributed by atoms with Crippen molar-refractivity contribution in [2.45, 2.75) is 12.3 Å². The van der Waals surface area contributed by atoms with Crippen molar-refractivity contribution in [3.63, 3.8) is 0 Å². The molecule has 0 bridgehead atoms. The first-order valence-corrected chi connectivity index (χ1v) is 2.55. The Labute approximate surface area is 46.7 Å². The Bertz CT molecular complexity index is 146. The number of ether oxygens (including phenoxy) is 1. The van der Waals surface area contributed by atoms with Crippen LogP contribution in [0.4, 0.5) is 0 Å². The molecule has 44 valence electrons. The number of fused-ring (bicyclic) bond motifs is 1. The number of rotatable bonds is 0. The fraction of sp³-hybridized carbons (Fsp3) is 0.750. The van der Waals surface area contributed by atoms with E-state index in [-0.39, 0.29) is 12.2 Å². The van der Waals surface area contributed by atoms with Crippen molar-refractivity contribution >= 4 is 5.96 Å². The highest BCUT2D eigenvalue weighted by Gasteiger charge is 2.55. The number of guanidine groups is 1. The van der Waals surface area contributed by atoms with Crippen LogP contribution < -0.4 is 5.73 Å². The van der Waals surface area contributed by atoms with Gasteiger partial charge in [-0.3, -0.25) is 5.41 Å². The first-order chi connectivity index (χ1) is 3.79. The van der Waals surface area contributed by atoms with E-state index >= 15 is 0 Å². The summed E-state index contributed by atoms with van der Waals surface area (Å²) in [4.78, 5) is 1.73. The van der Waals surface area contributed by atoms with Crippen LogP contribution in [-0.2, 0) is 4.74 Å². The number of nitrogens with zero attached hydrogens (tertiary/aromatic N) is 1. The first kappa shape index (κ1) is 4.14. The monoisotopic (exact) mass is 113 g/mol. The van der Waals surface area contributed by atoms with Crippen LogP contribution in [0.5, 0.6) is 0 Å². The van der Waals surface area contributed by atoms with E-state index in [1.54, 1.807) is 4.90 Å². The molecule has 0 spiro atoms. The third-order valence-electron chi connectivity index (χ3n) is 1.55. The molecular formula is C4H7N3O. The van der Waals surface area contributed by atoms with Gasteiger partial charge in [-0.25, -0.2) is 0 Å². The molecule has 3 N–H and O–H groups in total. The molecule has 2 aliphatic rings. The van der Waals surface area contributed by atoms with Gasteiger partial charge in [0.05, 0.1) is 6.54 Å². The van der Waals surface area contributed by atoms with Crippen molar-refractivity contribution in [3.05, 3.63) is 0 Å². The zero-order chi connectivity index (χ0) is 5.72. The van der Waals surface area contributed by atoms with Crippen molar-refractivity contribution in [2.24, 2.45) is 5.73 Å². The first-order valence-electron chi connectivity index (χ1n) is 2.55. The molecule has 2 atom stereocenters. The van der Waals surface area contributed by atoms with Crippen molar-refractivity contribution in [2.75, 3.05) is 6.54 Å². The van der Waals surface area contributed by atoms with E-state index < -0.39 is 0 Å². The maximum Gasteiger partial charge on any atom is 0.190 e. The summed E-state index contributed by atoms with van der Waals surface area (Å²) in [6, 6.07) is 0. The lowest BCUT2D eigenvalue weighted by molar-refractivity contribution is 0.287. The van der Waals surface area contributed by atoms with Crippen LogP contribution in [-0.4, -0.2) is 29.7 Å². The quantitative estimate of drug-likeness (QED) is 0.238. The second-order valence-corrected chi connectivity index (χ2v) is 2.10. The van der Waals surface area contributed by atoms with Gasteiger partial charge >= 0.3 is 0 Å². The number of nitrogens with two attached hydrogens (primary N) is 1. The SMILES string of the molecule is N=C(N)N1CC2OC21. The fourth-order valence-electron chi connectivity index (χ4n) is 0.936. The lowest BCUT2D eigenvalue weighted by atomic mass is 10.2. The van der Waals surface area contributed by atoms with E-state index in [4.69, 9.17) is 15.9 Å². The van der Waals surface area contributed by atoms with Crippen LogP contribution in [0, 0.1) is 5.41 Å². The van der Waals surface area contributed by atoms with Gasteiger partial charge < -0.3 is 15.4 Å². The highest BCUT2D eigenvalue weighted by atomic mass is 16.6. The van der Waals surface area contributed by atoms with Gasteiger partial charge in [-0.2, -0.15) is 0 Å². The average Bonchev–Trinajstić information content (AvgIpc) is 2.13. The van der Waals surface area contributed by atoms with Gasteiger partial charge in [0.25, 0.3) is 0 Å². The minimum Gasteiger partial charge on any atom is -0.370 e. The minimum absolute atomic E-state index is 0.128. The number of likely N-dealkylation sites (tertiary alicyclic amines) is 1. The minimum atomic E-state index is 0.128. The van der Waals surface area contributed by atoms with Crippen LogP contribution >= 0.6 is 0 Å². The van der Waals surface area contributed by atoms with Crippen molar-refractivity contribution in [1.82, 2.24) is 4.90 Å². The average molecular weight is 113 g/mol. The van der Waals surface area contributed by atoms with Gasteiger partial charge in [0.15, 0.2) is 12.2 Å². The largest absolute Gasteiger partial charge is 0.370 e. The Morgan fingerprint density at radius 3 is 2.75 bits per heavy atom. The Morgan fingerprint density at radius 2 is 2.62 bits per heavy atom. The molecule has 0 radical (unpaired) electrons. The molecule has 0 aromatic carbocycles. The Balaban J connectivity index is 2.01. The van der Waals surface area contributed by atoms with Crippen molar-refractivity contribution in [3.8, 4) is 0 Å². The normalized spacial score (nSPS) is 40.2. The van der Waals surface area contributed by atoms with Gasteiger partial charge in [-0.05, 0) is 0 Å². The Kier molecular flexibility index (Phi) is 0.504. The molecule has 2 fully saturated rings. The molecule has 8 heavy (non-hydrogen) atoms. The standard InChI is InChI=1S/C4H7N3O/c5-4(6)7-1-2-3(7)8-2/h2-3H,1H2,(H3,5,6). The van der Waals surface area contributed by atoms with E-state index in [2.05, 4.69) is 0 Å². The molecule has 2 saturated heterocycles. The summed E-state index contributed by atoms with van der Waals surface area (Å²) in [6.45, 7) is 0.819. The molecule has 4 heteroatoms.